The Morgan fingerprint density at radius 1 is 1.04 bits per heavy atom. The van der Waals surface area contributed by atoms with Crippen molar-refractivity contribution in [2.75, 3.05) is 0 Å². The molecule has 6 heteroatoms. The standard InChI is InChI=1S/C19H16ClF3N2/c1-12-13(2)25(11-24-12)18-8-7-16(19(21,22)23)10-15(18)9-14-5-3-4-6-17(14)20/h3-8,10-11H,9H2,1-2H3. The van der Waals surface area contributed by atoms with Gasteiger partial charge in [-0.3, -0.25) is 0 Å². The molecule has 3 rings (SSSR count). The van der Waals surface area contributed by atoms with Crippen LogP contribution in [0.2, 0.25) is 5.02 Å². The van der Waals surface area contributed by atoms with Crippen molar-refractivity contribution in [1.29, 1.82) is 0 Å². The highest BCUT2D eigenvalue weighted by molar-refractivity contribution is 6.31. The van der Waals surface area contributed by atoms with Crippen LogP contribution in [0.3, 0.4) is 0 Å². The molecule has 1 heterocycles. The van der Waals surface area contributed by atoms with E-state index in [1.165, 1.54) is 12.1 Å². The summed E-state index contributed by atoms with van der Waals surface area (Å²) >= 11 is 6.20. The second kappa shape index (κ2) is 6.56. The molecule has 2 nitrogen and oxygen atoms in total. The Morgan fingerprint density at radius 3 is 2.36 bits per heavy atom. The minimum atomic E-state index is -4.40. The number of halogens is 4. The monoisotopic (exact) mass is 364 g/mol. The Labute approximate surface area is 148 Å². The number of hydrogen-bond donors (Lipinski definition) is 0. The van der Waals surface area contributed by atoms with E-state index in [4.69, 9.17) is 11.6 Å². The van der Waals surface area contributed by atoms with Crippen LogP contribution in [-0.4, -0.2) is 9.55 Å². The van der Waals surface area contributed by atoms with Gasteiger partial charge in [0.1, 0.15) is 0 Å². The second-order valence-electron chi connectivity index (χ2n) is 5.89. The van der Waals surface area contributed by atoms with Gasteiger partial charge in [-0.25, -0.2) is 4.98 Å². The topological polar surface area (TPSA) is 17.8 Å². The molecule has 0 aliphatic carbocycles. The van der Waals surface area contributed by atoms with Crippen LogP contribution in [-0.2, 0) is 12.6 Å². The summed E-state index contributed by atoms with van der Waals surface area (Å²) in [5, 5.41) is 0.532. The van der Waals surface area contributed by atoms with Crippen molar-refractivity contribution in [2.24, 2.45) is 0 Å². The molecule has 130 valence electrons. The fraction of sp³-hybridized carbons (Fsp3) is 0.211. The van der Waals surface area contributed by atoms with Gasteiger partial charge in [-0.05, 0) is 49.2 Å². The number of hydrogen-bond acceptors (Lipinski definition) is 1. The zero-order valence-electron chi connectivity index (χ0n) is 13.7. The van der Waals surface area contributed by atoms with Crippen molar-refractivity contribution in [3.63, 3.8) is 0 Å². The van der Waals surface area contributed by atoms with E-state index < -0.39 is 11.7 Å². The van der Waals surface area contributed by atoms with E-state index in [2.05, 4.69) is 4.98 Å². The molecule has 0 saturated heterocycles. The van der Waals surface area contributed by atoms with Crippen molar-refractivity contribution in [3.8, 4) is 5.69 Å². The van der Waals surface area contributed by atoms with Gasteiger partial charge in [0.05, 0.1) is 23.3 Å². The maximum Gasteiger partial charge on any atom is 0.416 e. The van der Waals surface area contributed by atoms with E-state index in [-0.39, 0.29) is 0 Å². The van der Waals surface area contributed by atoms with Gasteiger partial charge in [-0.2, -0.15) is 13.2 Å². The lowest BCUT2D eigenvalue weighted by Crippen LogP contribution is -2.09. The average molecular weight is 365 g/mol. The van der Waals surface area contributed by atoms with Gasteiger partial charge >= 0.3 is 6.18 Å². The van der Waals surface area contributed by atoms with Crippen molar-refractivity contribution < 1.29 is 13.2 Å². The molecule has 3 aromatic rings. The van der Waals surface area contributed by atoms with Crippen LogP contribution in [0.4, 0.5) is 13.2 Å². The smallest absolute Gasteiger partial charge is 0.303 e. The van der Waals surface area contributed by atoms with E-state index in [1.54, 1.807) is 18.5 Å². The summed E-state index contributed by atoms with van der Waals surface area (Å²) < 4.78 is 41.3. The summed E-state index contributed by atoms with van der Waals surface area (Å²) in [6.07, 6.45) is -2.47. The number of benzene rings is 2. The summed E-state index contributed by atoms with van der Waals surface area (Å²) in [7, 11) is 0. The predicted octanol–water partition coefficient (Wildman–Crippen LogP) is 5.75. The lowest BCUT2D eigenvalue weighted by molar-refractivity contribution is -0.137. The Hall–Kier alpha value is -2.27. The molecular weight excluding hydrogens is 349 g/mol. The zero-order valence-corrected chi connectivity index (χ0v) is 14.5. The Bertz CT molecular complexity index is 913. The maximum atomic E-state index is 13.2. The molecule has 0 radical (unpaired) electrons. The van der Waals surface area contributed by atoms with Gasteiger partial charge in [-0.15, -0.1) is 0 Å². The third kappa shape index (κ3) is 3.56. The lowest BCUT2D eigenvalue weighted by atomic mass is 10.00. The highest BCUT2D eigenvalue weighted by Gasteiger charge is 2.31. The number of imidazole rings is 1. The first-order valence-corrected chi connectivity index (χ1v) is 8.09. The van der Waals surface area contributed by atoms with Crippen LogP contribution in [0.25, 0.3) is 5.69 Å². The van der Waals surface area contributed by atoms with Gasteiger partial charge in [0.2, 0.25) is 0 Å². The summed E-state index contributed by atoms with van der Waals surface area (Å²) in [6.45, 7) is 3.75. The number of nitrogens with zero attached hydrogens (tertiary/aromatic N) is 2. The number of alkyl halides is 3. The van der Waals surface area contributed by atoms with Crippen molar-refractivity contribution in [1.82, 2.24) is 9.55 Å². The van der Waals surface area contributed by atoms with E-state index in [0.29, 0.717) is 22.7 Å². The molecule has 0 N–H and O–H groups in total. The number of rotatable bonds is 3. The molecule has 0 atom stereocenters. The molecule has 0 bridgehead atoms. The van der Waals surface area contributed by atoms with Crippen LogP contribution in [0.15, 0.2) is 48.8 Å². The first kappa shape index (κ1) is 17.5. The molecule has 1 aromatic heterocycles. The van der Waals surface area contributed by atoms with Crippen molar-refractivity contribution >= 4 is 11.6 Å². The summed E-state index contributed by atoms with van der Waals surface area (Å²) in [4.78, 5) is 4.24. The van der Waals surface area contributed by atoms with Gasteiger partial charge in [0.25, 0.3) is 0 Å². The lowest BCUT2D eigenvalue weighted by Gasteiger charge is -2.16. The van der Waals surface area contributed by atoms with Gasteiger partial charge in [-0.1, -0.05) is 29.8 Å². The highest BCUT2D eigenvalue weighted by Crippen LogP contribution is 2.33. The average Bonchev–Trinajstić information content (AvgIpc) is 2.88. The molecule has 2 aromatic carbocycles. The summed E-state index contributed by atoms with van der Waals surface area (Å²) in [6, 6.07) is 10.9. The van der Waals surface area contributed by atoms with Gasteiger partial charge < -0.3 is 4.57 Å². The van der Waals surface area contributed by atoms with Crippen LogP contribution >= 0.6 is 11.6 Å². The predicted molar refractivity (Wildman–Crippen MR) is 92.3 cm³/mol. The SMILES string of the molecule is Cc1ncn(-c2ccc(C(F)(F)F)cc2Cc2ccccc2Cl)c1C. The molecule has 0 aliphatic heterocycles. The number of aryl methyl sites for hydroxylation is 1. The molecule has 25 heavy (non-hydrogen) atoms. The third-order valence-corrected chi connectivity index (χ3v) is 4.63. The Kier molecular flexibility index (Phi) is 4.60. The summed E-state index contributed by atoms with van der Waals surface area (Å²) in [5.74, 6) is 0. The first-order valence-electron chi connectivity index (χ1n) is 7.72. The van der Waals surface area contributed by atoms with Gasteiger partial charge in [0.15, 0.2) is 0 Å². The molecule has 0 saturated carbocycles. The Balaban J connectivity index is 2.15. The minimum Gasteiger partial charge on any atom is -0.303 e. The van der Waals surface area contributed by atoms with Crippen LogP contribution in [0, 0.1) is 13.8 Å². The van der Waals surface area contributed by atoms with Crippen molar-refractivity contribution in [2.45, 2.75) is 26.4 Å². The van der Waals surface area contributed by atoms with E-state index in [9.17, 15) is 13.2 Å². The van der Waals surface area contributed by atoms with Crippen molar-refractivity contribution in [3.05, 3.63) is 81.9 Å². The zero-order chi connectivity index (χ0) is 18.2. The Morgan fingerprint density at radius 2 is 1.76 bits per heavy atom. The fourth-order valence-electron chi connectivity index (χ4n) is 2.73. The van der Waals surface area contributed by atoms with Crippen LogP contribution in [0.1, 0.15) is 28.1 Å². The fourth-order valence-corrected chi connectivity index (χ4v) is 2.93. The molecule has 0 spiro atoms. The molecular formula is C19H16ClF3N2. The second-order valence-corrected chi connectivity index (χ2v) is 6.30. The maximum absolute atomic E-state index is 13.2. The molecule has 0 aliphatic rings. The third-order valence-electron chi connectivity index (χ3n) is 4.26. The minimum absolute atomic E-state index is 0.301. The van der Waals surface area contributed by atoms with Crippen LogP contribution < -0.4 is 0 Å². The normalized spacial score (nSPS) is 11.8. The largest absolute Gasteiger partial charge is 0.416 e. The molecule has 0 fully saturated rings. The first-order chi connectivity index (χ1) is 11.8. The van der Waals surface area contributed by atoms with E-state index in [1.807, 2.05) is 30.5 Å². The van der Waals surface area contributed by atoms with Crippen LogP contribution in [0.5, 0.6) is 0 Å². The molecule has 0 amide bonds. The number of aromatic nitrogens is 2. The van der Waals surface area contributed by atoms with Gasteiger partial charge in [0, 0.05) is 17.1 Å². The van der Waals surface area contributed by atoms with E-state index >= 15 is 0 Å². The summed E-state index contributed by atoms with van der Waals surface area (Å²) in [5.41, 5.74) is 3.05. The van der Waals surface area contributed by atoms with E-state index in [0.717, 1.165) is 23.0 Å². The molecule has 0 unspecified atom stereocenters. The highest BCUT2D eigenvalue weighted by atomic mass is 35.5. The quantitative estimate of drug-likeness (QED) is 0.578.